The quantitative estimate of drug-likeness (QED) is 0.845. The van der Waals surface area contributed by atoms with Crippen molar-refractivity contribution in [3.05, 3.63) is 35.9 Å². The van der Waals surface area contributed by atoms with E-state index in [2.05, 4.69) is 0 Å². The van der Waals surface area contributed by atoms with Gasteiger partial charge in [0.15, 0.2) is 0 Å². The molecule has 1 aromatic rings. The summed E-state index contributed by atoms with van der Waals surface area (Å²) in [7, 11) is 0. The molecule has 1 fully saturated rings. The molecule has 0 bridgehead atoms. The summed E-state index contributed by atoms with van der Waals surface area (Å²) in [5.41, 5.74) is 0.553. The fraction of sp³-hybridized carbons (Fsp3) is 0.562. The first-order chi connectivity index (χ1) is 9.92. The topological polar surface area (TPSA) is 58.8 Å². The van der Waals surface area contributed by atoms with E-state index in [0.717, 1.165) is 5.56 Å². The molecule has 0 unspecified atom stereocenters. The van der Waals surface area contributed by atoms with E-state index < -0.39 is 11.7 Å². The van der Waals surface area contributed by atoms with Crippen molar-refractivity contribution in [2.75, 3.05) is 13.2 Å². The van der Waals surface area contributed by atoms with E-state index in [9.17, 15) is 9.90 Å². The van der Waals surface area contributed by atoms with E-state index in [1.807, 2.05) is 51.1 Å². The van der Waals surface area contributed by atoms with Crippen molar-refractivity contribution < 1.29 is 19.4 Å². The average molecular weight is 293 g/mol. The van der Waals surface area contributed by atoms with Gasteiger partial charge in [0.25, 0.3) is 0 Å². The van der Waals surface area contributed by atoms with Crippen LogP contribution in [-0.4, -0.2) is 47.0 Å². The highest BCUT2D eigenvalue weighted by Gasteiger charge is 2.52. The number of carbonyl (C=O) groups is 1. The molecule has 5 heteroatoms. The Kier molecular flexibility index (Phi) is 4.85. The third kappa shape index (κ3) is 4.44. The fourth-order valence-electron chi connectivity index (χ4n) is 2.19. The van der Waals surface area contributed by atoms with Crippen LogP contribution < -0.4 is 0 Å². The first kappa shape index (κ1) is 15.8. The fourth-order valence-corrected chi connectivity index (χ4v) is 2.19. The van der Waals surface area contributed by atoms with Gasteiger partial charge in [-0.15, -0.1) is 0 Å². The predicted molar refractivity (Wildman–Crippen MR) is 78.8 cm³/mol. The summed E-state index contributed by atoms with van der Waals surface area (Å²) in [6, 6.07) is 9.54. The summed E-state index contributed by atoms with van der Waals surface area (Å²) in [6.45, 7) is 6.30. The second-order valence-electron chi connectivity index (χ2n) is 6.21. The van der Waals surface area contributed by atoms with Gasteiger partial charge in [0.05, 0.1) is 31.9 Å². The van der Waals surface area contributed by atoms with E-state index >= 15 is 0 Å². The Bertz CT molecular complexity index is 469. The molecule has 1 aliphatic heterocycles. The Labute approximate surface area is 125 Å². The Morgan fingerprint density at radius 3 is 2.48 bits per heavy atom. The summed E-state index contributed by atoms with van der Waals surface area (Å²) >= 11 is 0. The number of benzene rings is 1. The molecule has 0 aliphatic carbocycles. The predicted octanol–water partition coefficient (Wildman–Crippen LogP) is 2.18. The van der Waals surface area contributed by atoms with Crippen molar-refractivity contribution in [1.29, 1.82) is 0 Å². The molecule has 116 valence electrons. The molecule has 0 radical (unpaired) electrons. The minimum absolute atomic E-state index is 0.0708. The number of amides is 1. The molecule has 0 aromatic heterocycles. The number of hydrogen-bond donors (Lipinski definition) is 1. The van der Waals surface area contributed by atoms with Gasteiger partial charge in [0.2, 0.25) is 0 Å². The van der Waals surface area contributed by atoms with Gasteiger partial charge in [-0.3, -0.25) is 4.90 Å². The Morgan fingerprint density at radius 2 is 1.90 bits per heavy atom. The molecule has 1 heterocycles. The average Bonchev–Trinajstić information content (AvgIpc) is 3.11. The molecule has 2 atom stereocenters. The highest BCUT2D eigenvalue weighted by atomic mass is 16.6. The zero-order valence-electron chi connectivity index (χ0n) is 12.8. The van der Waals surface area contributed by atoms with Crippen LogP contribution in [-0.2, 0) is 16.1 Å². The van der Waals surface area contributed by atoms with Crippen LogP contribution in [0.25, 0.3) is 0 Å². The van der Waals surface area contributed by atoms with E-state index in [0.29, 0.717) is 13.2 Å². The second kappa shape index (κ2) is 6.45. The van der Waals surface area contributed by atoms with Crippen LogP contribution in [0.1, 0.15) is 26.3 Å². The minimum Gasteiger partial charge on any atom is -0.444 e. The van der Waals surface area contributed by atoms with Gasteiger partial charge in [0.1, 0.15) is 5.60 Å². The third-order valence-corrected chi connectivity index (χ3v) is 3.26. The van der Waals surface area contributed by atoms with E-state index in [-0.39, 0.29) is 18.7 Å². The molecule has 1 N–H and O–H groups in total. The molecule has 1 aliphatic rings. The molecule has 5 nitrogen and oxygen atoms in total. The van der Waals surface area contributed by atoms with Crippen molar-refractivity contribution in [3.63, 3.8) is 0 Å². The van der Waals surface area contributed by atoms with Crippen LogP contribution in [0.3, 0.4) is 0 Å². The summed E-state index contributed by atoms with van der Waals surface area (Å²) in [5.74, 6) is 0. The van der Waals surface area contributed by atoms with E-state index in [1.165, 1.54) is 4.90 Å². The zero-order valence-corrected chi connectivity index (χ0v) is 12.8. The zero-order chi connectivity index (χ0) is 15.5. The third-order valence-electron chi connectivity index (χ3n) is 3.26. The van der Waals surface area contributed by atoms with Crippen LogP contribution in [0.2, 0.25) is 0 Å². The number of nitrogens with zero attached hydrogens (tertiary/aromatic N) is 1. The van der Waals surface area contributed by atoms with Crippen LogP contribution in [0, 0.1) is 0 Å². The van der Waals surface area contributed by atoms with Crippen LogP contribution in [0.4, 0.5) is 4.79 Å². The smallest absolute Gasteiger partial charge is 0.411 e. The van der Waals surface area contributed by atoms with E-state index in [4.69, 9.17) is 9.47 Å². The monoisotopic (exact) mass is 293 g/mol. The Morgan fingerprint density at radius 1 is 1.24 bits per heavy atom. The molecule has 1 amide bonds. The van der Waals surface area contributed by atoms with Crippen LogP contribution in [0.5, 0.6) is 0 Å². The minimum atomic E-state index is -0.533. The van der Waals surface area contributed by atoms with Gasteiger partial charge >= 0.3 is 6.09 Å². The van der Waals surface area contributed by atoms with Crippen molar-refractivity contribution in [3.8, 4) is 0 Å². The molecule has 2 rings (SSSR count). The lowest BCUT2D eigenvalue weighted by Crippen LogP contribution is -2.29. The lowest BCUT2D eigenvalue weighted by atomic mass is 10.2. The lowest BCUT2D eigenvalue weighted by molar-refractivity contribution is 0.0353. The molecule has 0 saturated carbocycles. The van der Waals surface area contributed by atoms with Gasteiger partial charge < -0.3 is 14.6 Å². The van der Waals surface area contributed by atoms with Gasteiger partial charge in [0, 0.05) is 0 Å². The first-order valence-corrected chi connectivity index (χ1v) is 7.16. The Balaban J connectivity index is 1.79. The molecule has 0 spiro atoms. The highest BCUT2D eigenvalue weighted by molar-refractivity contribution is 5.72. The Hall–Kier alpha value is -1.59. The summed E-state index contributed by atoms with van der Waals surface area (Å²) < 4.78 is 10.9. The van der Waals surface area contributed by atoms with Gasteiger partial charge in [-0.25, -0.2) is 4.79 Å². The first-order valence-electron chi connectivity index (χ1n) is 7.16. The number of carbonyl (C=O) groups excluding carboxylic acids is 1. The molecule has 1 aromatic carbocycles. The number of ether oxygens (including phenoxy) is 2. The van der Waals surface area contributed by atoms with Gasteiger partial charge in [-0.1, -0.05) is 30.3 Å². The number of aliphatic hydroxyl groups excluding tert-OH is 1. The van der Waals surface area contributed by atoms with Crippen molar-refractivity contribution in [1.82, 2.24) is 4.90 Å². The number of rotatable bonds is 5. The van der Waals surface area contributed by atoms with Crippen molar-refractivity contribution in [2.24, 2.45) is 0 Å². The maximum atomic E-state index is 12.0. The van der Waals surface area contributed by atoms with Crippen LogP contribution in [0.15, 0.2) is 30.3 Å². The molecule has 21 heavy (non-hydrogen) atoms. The second-order valence-corrected chi connectivity index (χ2v) is 6.21. The summed E-state index contributed by atoms with van der Waals surface area (Å²) in [6.07, 6.45) is -0.394. The molecule has 1 saturated heterocycles. The standard InChI is InChI=1S/C16H23NO4/c1-16(2,3)21-15(19)17-13(9-18)14(17)11-20-10-12-7-5-4-6-8-12/h4-8,13-14,18H,9-11H2,1-3H3/t13-,14-,17?/m1/s1. The summed E-state index contributed by atoms with van der Waals surface area (Å²) in [5, 5.41) is 9.31. The normalized spacial score (nSPS) is 21.2. The maximum Gasteiger partial charge on any atom is 0.411 e. The number of aliphatic hydroxyl groups is 1. The number of hydrogen-bond acceptors (Lipinski definition) is 4. The van der Waals surface area contributed by atoms with Gasteiger partial charge in [-0.05, 0) is 26.3 Å². The van der Waals surface area contributed by atoms with E-state index in [1.54, 1.807) is 0 Å². The summed E-state index contributed by atoms with van der Waals surface area (Å²) in [4.78, 5) is 13.5. The molecular weight excluding hydrogens is 270 g/mol. The van der Waals surface area contributed by atoms with Crippen molar-refractivity contribution in [2.45, 2.75) is 45.1 Å². The van der Waals surface area contributed by atoms with Crippen molar-refractivity contribution >= 4 is 6.09 Å². The van der Waals surface area contributed by atoms with Gasteiger partial charge in [-0.2, -0.15) is 0 Å². The highest BCUT2D eigenvalue weighted by Crippen LogP contribution is 2.30. The maximum absolute atomic E-state index is 12.0. The van der Waals surface area contributed by atoms with Crippen LogP contribution >= 0.6 is 0 Å². The largest absolute Gasteiger partial charge is 0.444 e. The lowest BCUT2D eigenvalue weighted by Gasteiger charge is -2.20. The molecular formula is C16H23NO4. The SMILES string of the molecule is CC(C)(C)OC(=O)N1[C@H](CO)[C@H]1COCc1ccccc1.